The van der Waals surface area contributed by atoms with Gasteiger partial charge in [0.25, 0.3) is 0 Å². The number of nitriles is 1. The average molecular weight is 506 g/mol. The second kappa shape index (κ2) is 9.78. The summed E-state index contributed by atoms with van der Waals surface area (Å²) >= 11 is 0. The number of amides is 2. The van der Waals surface area contributed by atoms with Gasteiger partial charge in [0.05, 0.1) is 36.0 Å². The fourth-order valence-electron chi connectivity index (χ4n) is 4.35. The maximum atomic E-state index is 13.3. The number of anilines is 1. The molecule has 0 spiro atoms. The molecule has 0 aliphatic carbocycles. The van der Waals surface area contributed by atoms with Gasteiger partial charge in [-0.05, 0) is 61.4 Å². The molecule has 10 heteroatoms. The van der Waals surface area contributed by atoms with Gasteiger partial charge in [0, 0.05) is 29.1 Å². The molecule has 3 aromatic rings. The third kappa shape index (κ3) is 4.89. The molecule has 1 aromatic heterocycles. The molecular formula is C27H21F3N4O3. The highest BCUT2D eigenvalue weighted by molar-refractivity contribution is 6.05. The van der Waals surface area contributed by atoms with E-state index in [1.54, 1.807) is 36.5 Å². The summed E-state index contributed by atoms with van der Waals surface area (Å²) < 4.78 is 45.0. The smallest absolute Gasteiger partial charge is 0.416 e. The van der Waals surface area contributed by atoms with Gasteiger partial charge in [-0.2, -0.15) is 18.4 Å². The Kier molecular flexibility index (Phi) is 6.72. The van der Waals surface area contributed by atoms with Crippen molar-refractivity contribution >= 4 is 17.5 Å². The van der Waals surface area contributed by atoms with Gasteiger partial charge in [0.1, 0.15) is 0 Å². The number of Topliss-reactive ketones (excluding diaryl/α,β-unsaturated/α-hetero) is 1. The number of carbonyl (C=O) groups excluding carboxylic acids is 2. The Hall–Kier alpha value is -4.65. The van der Waals surface area contributed by atoms with E-state index in [4.69, 9.17) is 4.74 Å². The number of hydrogen-bond acceptors (Lipinski definition) is 5. The van der Waals surface area contributed by atoms with Gasteiger partial charge in [-0.3, -0.25) is 9.69 Å². The van der Waals surface area contributed by atoms with Gasteiger partial charge in [-0.25, -0.2) is 9.78 Å². The van der Waals surface area contributed by atoms with Crippen LogP contribution in [0, 0.1) is 11.3 Å². The zero-order chi connectivity index (χ0) is 26.9. The van der Waals surface area contributed by atoms with E-state index in [1.807, 2.05) is 0 Å². The molecule has 0 bridgehead atoms. The van der Waals surface area contributed by atoms with Crippen LogP contribution in [0.15, 0.2) is 72.1 Å². The molecule has 0 radical (unpaired) electrons. The lowest BCUT2D eigenvalue weighted by Gasteiger charge is -2.36. The number of halogens is 3. The van der Waals surface area contributed by atoms with Crippen LogP contribution in [0.25, 0.3) is 11.1 Å². The monoisotopic (exact) mass is 506 g/mol. The molecule has 2 heterocycles. The SMILES string of the molecule is COc1ccc(-c2cc(C#N)ccc2C2NC(=O)N(c3cccc(C(F)(F)F)c3)C(C)=C2C(C)=O)cn1. The fraction of sp³-hybridized carbons (Fsp3) is 0.185. The minimum absolute atomic E-state index is 0.0265. The molecule has 2 aromatic carbocycles. The number of alkyl halides is 3. The number of nitrogens with zero attached hydrogens (tertiary/aromatic N) is 3. The van der Waals surface area contributed by atoms with Gasteiger partial charge in [0.2, 0.25) is 5.88 Å². The van der Waals surface area contributed by atoms with E-state index in [0.29, 0.717) is 28.1 Å². The first-order valence-electron chi connectivity index (χ1n) is 11.1. The summed E-state index contributed by atoms with van der Waals surface area (Å²) in [7, 11) is 1.48. The molecule has 1 N–H and O–H groups in total. The maximum Gasteiger partial charge on any atom is 0.416 e. The number of methoxy groups -OCH3 is 1. The van der Waals surface area contributed by atoms with E-state index < -0.39 is 23.8 Å². The van der Waals surface area contributed by atoms with Crippen LogP contribution in [0.4, 0.5) is 23.7 Å². The standard InChI is InChI=1S/C27H21F3N4O3/c1-15-24(16(2)35)25(33-26(36)34(15)20-6-4-5-19(12-20)27(28,29)30)21-9-7-17(13-31)11-22(21)18-8-10-23(37-3)32-14-18/h4-12,14,25H,1-3H3,(H,33,36). The number of rotatable bonds is 5. The third-order valence-electron chi connectivity index (χ3n) is 6.05. The number of benzene rings is 2. The van der Waals surface area contributed by atoms with E-state index in [2.05, 4.69) is 16.4 Å². The summed E-state index contributed by atoms with van der Waals surface area (Å²) in [6, 6.07) is 13.0. The Morgan fingerprint density at radius 3 is 2.51 bits per heavy atom. The summed E-state index contributed by atoms with van der Waals surface area (Å²) in [6.07, 6.45) is -3.06. The highest BCUT2D eigenvalue weighted by Crippen LogP contribution is 2.39. The van der Waals surface area contributed by atoms with E-state index in [9.17, 15) is 28.0 Å². The predicted octanol–water partition coefficient (Wildman–Crippen LogP) is 5.78. The molecule has 0 fully saturated rings. The van der Waals surface area contributed by atoms with Crippen LogP contribution in [-0.4, -0.2) is 23.9 Å². The number of aromatic nitrogens is 1. The van der Waals surface area contributed by atoms with Crippen molar-refractivity contribution in [2.24, 2.45) is 0 Å². The number of urea groups is 1. The topological polar surface area (TPSA) is 95.3 Å². The molecule has 0 saturated heterocycles. The van der Waals surface area contributed by atoms with Crippen molar-refractivity contribution in [3.05, 3.63) is 88.8 Å². The minimum atomic E-state index is -4.60. The predicted molar refractivity (Wildman–Crippen MR) is 130 cm³/mol. The lowest BCUT2D eigenvalue weighted by Crippen LogP contribution is -2.48. The maximum absolute atomic E-state index is 13.3. The minimum Gasteiger partial charge on any atom is -0.481 e. The molecular weight excluding hydrogens is 485 g/mol. The summed E-state index contributed by atoms with van der Waals surface area (Å²) in [5.74, 6) is 0.00671. The molecule has 2 amide bonds. The molecule has 188 valence electrons. The first-order chi connectivity index (χ1) is 17.5. The molecule has 0 saturated carbocycles. The lowest BCUT2D eigenvalue weighted by molar-refractivity contribution is -0.137. The van der Waals surface area contributed by atoms with Crippen molar-refractivity contribution in [2.45, 2.75) is 26.1 Å². The highest BCUT2D eigenvalue weighted by atomic mass is 19.4. The van der Waals surface area contributed by atoms with Crippen LogP contribution >= 0.6 is 0 Å². The van der Waals surface area contributed by atoms with Crippen LogP contribution in [0.3, 0.4) is 0 Å². The number of ketones is 1. The molecule has 1 aliphatic rings. The highest BCUT2D eigenvalue weighted by Gasteiger charge is 2.37. The van der Waals surface area contributed by atoms with Crippen LogP contribution in [0.1, 0.15) is 36.6 Å². The normalized spacial score (nSPS) is 15.8. The van der Waals surface area contributed by atoms with E-state index in [1.165, 1.54) is 33.1 Å². The third-order valence-corrected chi connectivity index (χ3v) is 6.05. The van der Waals surface area contributed by atoms with E-state index >= 15 is 0 Å². The summed E-state index contributed by atoms with van der Waals surface area (Å²) in [4.78, 5) is 31.4. The number of ether oxygens (including phenoxy) is 1. The second-order valence-corrected chi connectivity index (χ2v) is 8.32. The van der Waals surface area contributed by atoms with E-state index in [0.717, 1.165) is 17.0 Å². The Balaban J connectivity index is 1.88. The molecule has 37 heavy (non-hydrogen) atoms. The Labute approximate surface area is 210 Å². The number of carbonyl (C=O) groups is 2. The van der Waals surface area contributed by atoms with Crippen LogP contribution in [0.2, 0.25) is 0 Å². The van der Waals surface area contributed by atoms with Crippen LogP contribution in [-0.2, 0) is 11.0 Å². The van der Waals surface area contributed by atoms with Gasteiger partial charge in [0.15, 0.2) is 5.78 Å². The van der Waals surface area contributed by atoms with Crippen molar-refractivity contribution in [1.82, 2.24) is 10.3 Å². The van der Waals surface area contributed by atoms with Crippen LogP contribution in [0.5, 0.6) is 5.88 Å². The Morgan fingerprint density at radius 1 is 1.16 bits per heavy atom. The molecule has 4 rings (SSSR count). The van der Waals surface area contributed by atoms with Gasteiger partial charge < -0.3 is 10.1 Å². The van der Waals surface area contributed by atoms with E-state index in [-0.39, 0.29) is 22.7 Å². The quantitative estimate of drug-likeness (QED) is 0.473. The number of allylic oxidation sites excluding steroid dienone is 1. The lowest BCUT2D eigenvalue weighted by atomic mass is 9.86. The zero-order valence-corrected chi connectivity index (χ0v) is 20.1. The fourth-order valence-corrected chi connectivity index (χ4v) is 4.35. The summed E-state index contributed by atoms with van der Waals surface area (Å²) in [6.45, 7) is 2.84. The average Bonchev–Trinajstić information content (AvgIpc) is 2.87. The van der Waals surface area contributed by atoms with Gasteiger partial charge in [-0.15, -0.1) is 0 Å². The summed E-state index contributed by atoms with van der Waals surface area (Å²) in [5.41, 5.74) is 1.50. The second-order valence-electron chi connectivity index (χ2n) is 8.32. The molecule has 7 nitrogen and oxygen atoms in total. The van der Waals surface area contributed by atoms with Crippen molar-refractivity contribution in [1.29, 1.82) is 5.26 Å². The van der Waals surface area contributed by atoms with Crippen molar-refractivity contribution < 1.29 is 27.5 Å². The van der Waals surface area contributed by atoms with Crippen molar-refractivity contribution in [2.75, 3.05) is 12.0 Å². The molecule has 1 atom stereocenters. The van der Waals surface area contributed by atoms with Crippen molar-refractivity contribution in [3.8, 4) is 23.1 Å². The number of pyridine rings is 1. The zero-order valence-electron chi connectivity index (χ0n) is 20.1. The van der Waals surface area contributed by atoms with Gasteiger partial charge >= 0.3 is 12.2 Å². The summed E-state index contributed by atoms with van der Waals surface area (Å²) in [5, 5.41) is 12.2. The van der Waals surface area contributed by atoms with Crippen molar-refractivity contribution in [3.63, 3.8) is 0 Å². The molecule has 1 aliphatic heterocycles. The Bertz CT molecular complexity index is 1460. The number of hydrogen-bond donors (Lipinski definition) is 1. The first kappa shape index (κ1) is 25.4. The first-order valence-corrected chi connectivity index (χ1v) is 11.1. The Morgan fingerprint density at radius 2 is 1.92 bits per heavy atom. The number of nitrogens with one attached hydrogen (secondary N) is 1. The molecule has 1 unspecified atom stereocenters. The largest absolute Gasteiger partial charge is 0.481 e. The van der Waals surface area contributed by atoms with Gasteiger partial charge in [-0.1, -0.05) is 12.1 Å². The van der Waals surface area contributed by atoms with Crippen LogP contribution < -0.4 is 15.0 Å².